The molecule has 1 N–H and O–H groups in total. The van der Waals surface area contributed by atoms with Crippen LogP contribution >= 0.6 is 11.6 Å². The first-order valence-electron chi connectivity index (χ1n) is 7.02. The molecule has 0 unspecified atom stereocenters. The number of aliphatic imine (C=N–C) groups is 1. The quantitative estimate of drug-likeness (QED) is 0.918. The maximum atomic E-state index is 5.87. The molecule has 0 aromatic heterocycles. The Morgan fingerprint density at radius 2 is 1.86 bits per heavy atom. The summed E-state index contributed by atoms with van der Waals surface area (Å²) in [5, 5.41) is 4.05. The molecule has 0 radical (unpaired) electrons. The van der Waals surface area contributed by atoms with Gasteiger partial charge in [-0.25, -0.2) is 0 Å². The molecule has 3 rings (SSSR count). The van der Waals surface area contributed by atoms with Crippen molar-refractivity contribution < 1.29 is 4.74 Å². The van der Waals surface area contributed by atoms with Gasteiger partial charge in [-0.1, -0.05) is 48.0 Å². The van der Waals surface area contributed by atoms with Crippen molar-refractivity contribution in [1.82, 2.24) is 5.32 Å². The van der Waals surface area contributed by atoms with Gasteiger partial charge in [-0.15, -0.1) is 0 Å². The van der Waals surface area contributed by atoms with Crippen LogP contribution in [0.15, 0.2) is 53.5 Å². The summed E-state index contributed by atoms with van der Waals surface area (Å²) < 4.78 is 5.82. The Labute approximate surface area is 129 Å². The average molecular weight is 301 g/mol. The lowest BCUT2D eigenvalue weighted by molar-refractivity contribution is 0.107. The van der Waals surface area contributed by atoms with E-state index < -0.39 is 0 Å². The van der Waals surface area contributed by atoms with E-state index in [1.54, 1.807) is 0 Å². The SMILES string of the molecule is Clc1ccc(COCc2ccccc2C2=NCCN2)cc1. The Hall–Kier alpha value is -1.84. The zero-order valence-electron chi connectivity index (χ0n) is 11.7. The van der Waals surface area contributed by atoms with E-state index in [1.807, 2.05) is 36.4 Å². The molecular weight excluding hydrogens is 284 g/mol. The third kappa shape index (κ3) is 3.63. The molecule has 1 aliphatic heterocycles. The van der Waals surface area contributed by atoms with Gasteiger partial charge in [0.25, 0.3) is 0 Å². The van der Waals surface area contributed by atoms with Crippen molar-refractivity contribution in [1.29, 1.82) is 0 Å². The smallest absolute Gasteiger partial charge is 0.128 e. The van der Waals surface area contributed by atoms with Crippen LogP contribution in [0.2, 0.25) is 5.02 Å². The number of hydrogen-bond acceptors (Lipinski definition) is 3. The Balaban J connectivity index is 1.64. The van der Waals surface area contributed by atoms with Gasteiger partial charge < -0.3 is 10.1 Å². The van der Waals surface area contributed by atoms with Crippen molar-refractivity contribution >= 4 is 17.4 Å². The number of halogens is 1. The van der Waals surface area contributed by atoms with E-state index in [0.717, 1.165) is 40.6 Å². The summed E-state index contributed by atoms with van der Waals surface area (Å²) >= 11 is 5.87. The van der Waals surface area contributed by atoms with Crippen LogP contribution in [0.4, 0.5) is 0 Å². The van der Waals surface area contributed by atoms with Crippen LogP contribution in [0.1, 0.15) is 16.7 Å². The zero-order valence-corrected chi connectivity index (χ0v) is 12.4. The summed E-state index contributed by atoms with van der Waals surface area (Å²) in [6.07, 6.45) is 0. The molecule has 1 aliphatic rings. The number of nitrogens with zero attached hydrogens (tertiary/aromatic N) is 1. The predicted octanol–water partition coefficient (Wildman–Crippen LogP) is 3.41. The van der Waals surface area contributed by atoms with E-state index >= 15 is 0 Å². The lowest BCUT2D eigenvalue weighted by Gasteiger charge is -2.10. The fourth-order valence-corrected chi connectivity index (χ4v) is 2.44. The lowest BCUT2D eigenvalue weighted by atomic mass is 10.1. The Bertz CT molecular complexity index is 637. The predicted molar refractivity (Wildman–Crippen MR) is 85.8 cm³/mol. The second-order valence-corrected chi connectivity index (χ2v) is 5.37. The molecule has 1 heterocycles. The minimum atomic E-state index is 0.569. The van der Waals surface area contributed by atoms with E-state index in [-0.39, 0.29) is 0 Å². The fraction of sp³-hybridized carbons (Fsp3) is 0.235. The lowest BCUT2D eigenvalue weighted by Crippen LogP contribution is -2.21. The van der Waals surface area contributed by atoms with Crippen molar-refractivity contribution in [3.8, 4) is 0 Å². The van der Waals surface area contributed by atoms with Crippen molar-refractivity contribution in [2.24, 2.45) is 4.99 Å². The third-order valence-electron chi connectivity index (χ3n) is 3.39. The van der Waals surface area contributed by atoms with E-state index in [1.165, 1.54) is 0 Å². The molecule has 3 nitrogen and oxygen atoms in total. The van der Waals surface area contributed by atoms with Gasteiger partial charge in [0, 0.05) is 17.1 Å². The van der Waals surface area contributed by atoms with Crippen molar-refractivity contribution in [2.45, 2.75) is 13.2 Å². The van der Waals surface area contributed by atoms with Crippen molar-refractivity contribution in [2.75, 3.05) is 13.1 Å². The summed E-state index contributed by atoms with van der Waals surface area (Å²) in [6.45, 7) is 2.90. The Morgan fingerprint density at radius 1 is 1.05 bits per heavy atom. The van der Waals surface area contributed by atoms with E-state index in [2.05, 4.69) is 22.4 Å². The van der Waals surface area contributed by atoms with Gasteiger partial charge in [0.15, 0.2) is 0 Å². The van der Waals surface area contributed by atoms with Gasteiger partial charge in [-0.2, -0.15) is 0 Å². The molecule has 0 bridgehead atoms. The zero-order chi connectivity index (χ0) is 14.5. The maximum Gasteiger partial charge on any atom is 0.128 e. The Morgan fingerprint density at radius 3 is 2.62 bits per heavy atom. The number of hydrogen-bond donors (Lipinski definition) is 1. The van der Waals surface area contributed by atoms with Crippen LogP contribution in [0.3, 0.4) is 0 Å². The molecule has 0 atom stereocenters. The molecular formula is C17H17ClN2O. The highest BCUT2D eigenvalue weighted by atomic mass is 35.5. The second kappa shape index (κ2) is 6.74. The van der Waals surface area contributed by atoms with Gasteiger partial charge >= 0.3 is 0 Å². The van der Waals surface area contributed by atoms with Crippen molar-refractivity contribution in [3.63, 3.8) is 0 Å². The van der Waals surface area contributed by atoms with Crippen LogP contribution in [-0.4, -0.2) is 18.9 Å². The normalized spacial score (nSPS) is 13.9. The molecule has 2 aromatic rings. The van der Waals surface area contributed by atoms with E-state index in [0.29, 0.717) is 13.2 Å². The molecule has 0 aliphatic carbocycles. The van der Waals surface area contributed by atoms with Gasteiger partial charge in [-0.3, -0.25) is 4.99 Å². The van der Waals surface area contributed by atoms with Gasteiger partial charge in [-0.05, 0) is 23.3 Å². The minimum absolute atomic E-state index is 0.569. The molecule has 0 fully saturated rings. The summed E-state index contributed by atoms with van der Waals surface area (Å²) in [4.78, 5) is 4.48. The summed E-state index contributed by atoms with van der Waals surface area (Å²) in [6, 6.07) is 15.9. The monoisotopic (exact) mass is 300 g/mol. The molecule has 2 aromatic carbocycles. The molecule has 0 saturated heterocycles. The largest absolute Gasteiger partial charge is 0.372 e. The molecule has 108 valence electrons. The molecule has 0 spiro atoms. The average Bonchev–Trinajstić information content (AvgIpc) is 3.04. The standard InChI is InChI=1S/C17H17ClN2O/c18-15-7-5-13(6-8-15)11-21-12-14-3-1-2-4-16(14)17-19-9-10-20-17/h1-8H,9-12H2,(H,19,20). The van der Waals surface area contributed by atoms with E-state index in [4.69, 9.17) is 16.3 Å². The fourth-order valence-electron chi connectivity index (χ4n) is 2.31. The highest BCUT2D eigenvalue weighted by Gasteiger charge is 2.11. The number of ether oxygens (including phenoxy) is 1. The van der Waals surface area contributed by atoms with Gasteiger partial charge in [0.1, 0.15) is 5.84 Å². The second-order valence-electron chi connectivity index (χ2n) is 4.93. The van der Waals surface area contributed by atoms with E-state index in [9.17, 15) is 0 Å². The number of nitrogens with one attached hydrogen (secondary N) is 1. The highest BCUT2D eigenvalue weighted by Crippen LogP contribution is 2.14. The summed E-state index contributed by atoms with van der Waals surface area (Å²) in [7, 11) is 0. The molecule has 0 saturated carbocycles. The molecule has 21 heavy (non-hydrogen) atoms. The first kappa shape index (κ1) is 14.1. The maximum absolute atomic E-state index is 5.87. The van der Waals surface area contributed by atoms with Crippen LogP contribution in [0.5, 0.6) is 0 Å². The first-order chi connectivity index (χ1) is 10.3. The van der Waals surface area contributed by atoms with Gasteiger partial charge in [0.2, 0.25) is 0 Å². The number of benzene rings is 2. The minimum Gasteiger partial charge on any atom is -0.372 e. The van der Waals surface area contributed by atoms with Crippen LogP contribution in [0.25, 0.3) is 0 Å². The Kier molecular flexibility index (Phi) is 4.53. The number of amidine groups is 1. The van der Waals surface area contributed by atoms with Crippen LogP contribution in [-0.2, 0) is 18.0 Å². The molecule has 0 amide bonds. The van der Waals surface area contributed by atoms with Crippen LogP contribution < -0.4 is 5.32 Å². The highest BCUT2D eigenvalue weighted by molar-refractivity contribution is 6.30. The number of rotatable bonds is 5. The van der Waals surface area contributed by atoms with Crippen molar-refractivity contribution in [3.05, 3.63) is 70.2 Å². The summed E-state index contributed by atoms with van der Waals surface area (Å²) in [5.41, 5.74) is 3.40. The van der Waals surface area contributed by atoms with Crippen LogP contribution in [0, 0.1) is 0 Å². The first-order valence-corrected chi connectivity index (χ1v) is 7.39. The summed E-state index contributed by atoms with van der Waals surface area (Å²) in [5.74, 6) is 0.973. The molecule has 4 heteroatoms. The topological polar surface area (TPSA) is 33.6 Å². The third-order valence-corrected chi connectivity index (χ3v) is 3.64. The van der Waals surface area contributed by atoms with Gasteiger partial charge in [0.05, 0.1) is 19.8 Å².